The number of rotatable bonds is 9. The molecule has 1 amide bonds. The van der Waals surface area contributed by atoms with E-state index in [4.69, 9.17) is 16.6 Å². The summed E-state index contributed by atoms with van der Waals surface area (Å²) in [6.45, 7) is 4.99. The van der Waals surface area contributed by atoms with E-state index in [0.717, 1.165) is 28.0 Å². The molecule has 0 fully saturated rings. The Kier molecular flexibility index (Phi) is 7.54. The normalized spacial score (nSPS) is 12.5. The molecule has 0 spiro atoms. The molecule has 0 aliphatic rings. The fourth-order valence-corrected chi connectivity index (χ4v) is 4.07. The van der Waals surface area contributed by atoms with Crippen molar-refractivity contribution in [3.63, 3.8) is 0 Å². The van der Waals surface area contributed by atoms with Crippen molar-refractivity contribution in [1.82, 2.24) is 19.9 Å². The number of ether oxygens (including phenoxy) is 1. The number of hydrogen-bond donors (Lipinski definition) is 1. The van der Waals surface area contributed by atoms with Crippen molar-refractivity contribution >= 4 is 28.7 Å². The van der Waals surface area contributed by atoms with E-state index in [-0.39, 0.29) is 24.1 Å². The van der Waals surface area contributed by atoms with Gasteiger partial charge in [-0.2, -0.15) is 8.78 Å². The van der Waals surface area contributed by atoms with E-state index in [0.29, 0.717) is 30.6 Å². The lowest BCUT2D eigenvalue weighted by Gasteiger charge is -2.15. The van der Waals surface area contributed by atoms with Crippen LogP contribution in [-0.4, -0.2) is 26.6 Å². The molecule has 4 aromatic rings. The number of carbonyl (C=O) groups is 1. The van der Waals surface area contributed by atoms with Gasteiger partial charge in [-0.3, -0.25) is 4.79 Å². The molecule has 2 aromatic carbocycles. The molecular weight excluding hydrogens is 486 g/mol. The molecule has 188 valence electrons. The van der Waals surface area contributed by atoms with E-state index in [9.17, 15) is 13.6 Å². The minimum absolute atomic E-state index is 0.0854. The molecule has 0 saturated carbocycles. The Morgan fingerprint density at radius 2 is 1.86 bits per heavy atom. The highest BCUT2D eigenvalue weighted by Crippen LogP contribution is 2.23. The maximum atomic E-state index is 13.1. The smallest absolute Gasteiger partial charge is 0.394 e. The van der Waals surface area contributed by atoms with Gasteiger partial charge in [0.1, 0.15) is 17.1 Å². The van der Waals surface area contributed by atoms with Crippen molar-refractivity contribution in [3.8, 4) is 5.75 Å². The van der Waals surface area contributed by atoms with Gasteiger partial charge in [-0.15, -0.1) is 0 Å². The highest BCUT2D eigenvalue weighted by Gasteiger charge is 2.23. The Hall–Kier alpha value is -3.52. The first-order valence-electron chi connectivity index (χ1n) is 11.6. The molecule has 0 aliphatic heterocycles. The molecule has 36 heavy (non-hydrogen) atoms. The Labute approximate surface area is 213 Å². The van der Waals surface area contributed by atoms with Crippen LogP contribution in [-0.2, 0) is 17.8 Å². The molecule has 2 heterocycles. The van der Waals surface area contributed by atoms with Crippen LogP contribution in [0.3, 0.4) is 0 Å². The summed E-state index contributed by atoms with van der Waals surface area (Å²) >= 11 is 5.95. The van der Waals surface area contributed by atoms with Crippen LogP contribution in [0.1, 0.15) is 48.8 Å². The third-order valence-corrected chi connectivity index (χ3v) is 5.94. The molecule has 2 aromatic heterocycles. The summed E-state index contributed by atoms with van der Waals surface area (Å²) in [4.78, 5) is 22.0. The molecule has 6 nitrogen and oxygen atoms in total. The van der Waals surface area contributed by atoms with Crippen LogP contribution in [0.15, 0.2) is 60.8 Å². The molecule has 9 heteroatoms. The van der Waals surface area contributed by atoms with Gasteiger partial charge < -0.3 is 14.6 Å². The lowest BCUT2D eigenvalue weighted by Crippen LogP contribution is -2.27. The number of aryl methyl sites for hydroxylation is 2. The summed E-state index contributed by atoms with van der Waals surface area (Å²) in [7, 11) is 0. The number of nitrogens with one attached hydrogen (secondary N) is 1. The molecule has 0 saturated heterocycles. The van der Waals surface area contributed by atoms with E-state index in [2.05, 4.69) is 15.0 Å². The fraction of sp³-hybridized carbons (Fsp3) is 0.296. The Bertz CT molecular complexity index is 1350. The van der Waals surface area contributed by atoms with Crippen molar-refractivity contribution in [2.45, 2.75) is 52.3 Å². The zero-order valence-electron chi connectivity index (χ0n) is 20.3. The highest BCUT2D eigenvalue weighted by atomic mass is 35.5. The summed E-state index contributed by atoms with van der Waals surface area (Å²) in [5.74, 6) is 0.710. The fourth-order valence-electron chi connectivity index (χ4n) is 3.94. The first kappa shape index (κ1) is 25.6. The molecule has 4 rings (SSSR count). The number of imidazole rings is 1. The van der Waals surface area contributed by atoms with E-state index in [1.54, 1.807) is 30.5 Å². The number of benzene rings is 2. The largest absolute Gasteiger partial charge is 0.433 e. The monoisotopic (exact) mass is 512 g/mol. The first-order valence-corrected chi connectivity index (χ1v) is 12.0. The van der Waals surface area contributed by atoms with Crippen molar-refractivity contribution in [1.29, 1.82) is 0 Å². The minimum atomic E-state index is -3.25. The van der Waals surface area contributed by atoms with Crippen molar-refractivity contribution in [3.05, 3.63) is 88.3 Å². The number of nitrogens with zero attached hydrogens (tertiary/aromatic N) is 3. The van der Waals surface area contributed by atoms with Gasteiger partial charge in [0, 0.05) is 31.0 Å². The van der Waals surface area contributed by atoms with Crippen LogP contribution in [0.2, 0.25) is 5.02 Å². The predicted octanol–water partition coefficient (Wildman–Crippen LogP) is 6.24. The zero-order chi connectivity index (χ0) is 25.9. The SMILES string of the molecule is Cc1cnc2c(c1)nc(CCC(=O)N[C@@H](C)c1ccc(Cl)cc1)n2Cc1ccc(OC(C)(F)F)cc1. The molecular formula is C27H27ClF2N4O2. The van der Waals surface area contributed by atoms with Crippen LogP contribution in [0.4, 0.5) is 8.78 Å². The van der Waals surface area contributed by atoms with E-state index >= 15 is 0 Å². The summed E-state index contributed by atoms with van der Waals surface area (Å²) < 4.78 is 32.8. The minimum Gasteiger partial charge on any atom is -0.433 e. The topological polar surface area (TPSA) is 69.0 Å². The second-order valence-corrected chi connectivity index (χ2v) is 9.30. The number of aromatic nitrogens is 3. The van der Waals surface area contributed by atoms with Crippen LogP contribution in [0.25, 0.3) is 11.2 Å². The van der Waals surface area contributed by atoms with Gasteiger partial charge in [-0.25, -0.2) is 9.97 Å². The molecule has 1 N–H and O–H groups in total. The lowest BCUT2D eigenvalue weighted by atomic mass is 10.1. The van der Waals surface area contributed by atoms with Crippen LogP contribution in [0, 0.1) is 6.92 Å². The third-order valence-electron chi connectivity index (χ3n) is 5.68. The second kappa shape index (κ2) is 10.6. The third kappa shape index (κ3) is 6.57. The van der Waals surface area contributed by atoms with Gasteiger partial charge in [0.05, 0.1) is 12.6 Å². The van der Waals surface area contributed by atoms with Crippen LogP contribution < -0.4 is 10.1 Å². The summed E-state index contributed by atoms with van der Waals surface area (Å²) in [6, 6.07) is 15.6. The average Bonchev–Trinajstić information content (AvgIpc) is 3.14. The number of fused-ring (bicyclic) bond motifs is 1. The number of alkyl halides is 2. The molecule has 1 atom stereocenters. The molecule has 0 unspecified atom stereocenters. The van der Waals surface area contributed by atoms with Gasteiger partial charge >= 0.3 is 6.11 Å². The van der Waals surface area contributed by atoms with Crippen molar-refractivity contribution in [2.24, 2.45) is 0 Å². The standard InChI is InChI=1S/C27H27ClF2N4O2/c1-17-14-23-26(31-15-17)34(16-19-4-10-22(11-5-19)36-27(3,29)30)24(33-23)12-13-25(35)32-18(2)20-6-8-21(28)9-7-20/h4-11,14-15,18H,12-13,16H2,1-3H3,(H,32,35)/t18-/m0/s1. The lowest BCUT2D eigenvalue weighted by molar-refractivity contribution is -0.158. The van der Waals surface area contributed by atoms with Crippen LogP contribution in [0.5, 0.6) is 5.75 Å². The summed E-state index contributed by atoms with van der Waals surface area (Å²) in [5.41, 5.74) is 4.25. The molecule has 0 aliphatic carbocycles. The molecule has 0 radical (unpaired) electrons. The van der Waals surface area contributed by atoms with Crippen molar-refractivity contribution < 1.29 is 18.3 Å². The maximum absolute atomic E-state index is 13.1. The first-order chi connectivity index (χ1) is 17.1. The number of pyridine rings is 1. The van der Waals surface area contributed by atoms with Gasteiger partial charge in [0.2, 0.25) is 5.91 Å². The molecule has 0 bridgehead atoms. The number of halogens is 3. The van der Waals surface area contributed by atoms with E-state index in [1.807, 2.05) is 36.6 Å². The maximum Gasteiger partial charge on any atom is 0.394 e. The van der Waals surface area contributed by atoms with E-state index < -0.39 is 6.11 Å². The van der Waals surface area contributed by atoms with Gasteiger partial charge in [-0.1, -0.05) is 35.9 Å². The second-order valence-electron chi connectivity index (χ2n) is 8.86. The Morgan fingerprint density at radius 3 is 2.53 bits per heavy atom. The number of hydrogen-bond acceptors (Lipinski definition) is 4. The Balaban J connectivity index is 1.49. The number of carbonyl (C=O) groups excluding carboxylic acids is 1. The quantitative estimate of drug-likeness (QED) is 0.288. The van der Waals surface area contributed by atoms with Crippen LogP contribution >= 0.6 is 11.6 Å². The van der Waals surface area contributed by atoms with Gasteiger partial charge in [0.25, 0.3) is 0 Å². The summed E-state index contributed by atoms with van der Waals surface area (Å²) in [5, 5.41) is 3.66. The van der Waals surface area contributed by atoms with Gasteiger partial charge in [-0.05, 0) is 60.9 Å². The predicted molar refractivity (Wildman–Crippen MR) is 135 cm³/mol. The zero-order valence-corrected chi connectivity index (χ0v) is 21.0. The van der Waals surface area contributed by atoms with Gasteiger partial charge in [0.15, 0.2) is 5.65 Å². The summed E-state index contributed by atoms with van der Waals surface area (Å²) in [6.07, 6.45) is -0.815. The Morgan fingerprint density at radius 1 is 1.17 bits per heavy atom. The average molecular weight is 513 g/mol. The number of amides is 1. The van der Waals surface area contributed by atoms with Crippen molar-refractivity contribution in [2.75, 3.05) is 0 Å². The highest BCUT2D eigenvalue weighted by molar-refractivity contribution is 6.30. The van der Waals surface area contributed by atoms with E-state index in [1.165, 1.54) is 12.1 Å².